The minimum Gasteiger partial charge on any atom is -0.465 e. The summed E-state index contributed by atoms with van der Waals surface area (Å²) < 4.78 is 4.60. The fraction of sp³-hybridized carbons (Fsp3) is 0.273. The van der Waals surface area contributed by atoms with E-state index in [1.54, 1.807) is 23.1 Å². The molecule has 0 saturated carbocycles. The zero-order valence-electron chi connectivity index (χ0n) is 8.98. The molecule has 0 fully saturated rings. The molecule has 0 radical (unpaired) electrons. The first kappa shape index (κ1) is 11.2. The van der Waals surface area contributed by atoms with E-state index in [-0.39, 0.29) is 0 Å². The zero-order chi connectivity index (χ0) is 11.4. The van der Waals surface area contributed by atoms with Crippen LogP contribution in [0.3, 0.4) is 0 Å². The molecule has 4 nitrogen and oxygen atoms in total. The van der Waals surface area contributed by atoms with E-state index >= 15 is 0 Å². The number of benzene rings is 1. The fourth-order valence-corrected chi connectivity index (χ4v) is 1.28. The van der Waals surface area contributed by atoms with Crippen LogP contribution in [0.15, 0.2) is 18.2 Å². The average molecular weight is 207 g/mol. The Bertz CT molecular complexity index is 385. The van der Waals surface area contributed by atoms with Gasteiger partial charge in [0, 0.05) is 25.3 Å². The Balaban J connectivity index is 3.21. The minimum absolute atomic E-state index is 0.407. The lowest BCUT2D eigenvalue weighted by Gasteiger charge is -2.15. The maximum atomic E-state index is 11.3. The van der Waals surface area contributed by atoms with Crippen molar-refractivity contribution in [2.75, 3.05) is 26.1 Å². The van der Waals surface area contributed by atoms with Crippen LogP contribution < -0.4 is 4.90 Å². The number of nitrogens with zero attached hydrogens (tertiary/aromatic N) is 1. The first-order valence-corrected chi connectivity index (χ1v) is 4.45. The second-order valence-corrected chi connectivity index (χ2v) is 3.28. The molecule has 0 heterocycles. The quantitative estimate of drug-likeness (QED) is 0.554. The molecule has 1 rings (SSSR count). The molecule has 1 aromatic carbocycles. The number of rotatable bonds is 3. The first-order valence-electron chi connectivity index (χ1n) is 4.45. The Morgan fingerprint density at radius 2 is 2.07 bits per heavy atom. The molecule has 4 heteroatoms. The number of ether oxygens (including phenoxy) is 1. The van der Waals surface area contributed by atoms with Crippen LogP contribution >= 0.6 is 0 Å². The molecular formula is C11H13NO3. The molecule has 0 aromatic heterocycles. The number of hydrogen-bond donors (Lipinski definition) is 0. The molecule has 0 aliphatic heterocycles. The molecule has 15 heavy (non-hydrogen) atoms. The molecule has 0 bridgehead atoms. The van der Waals surface area contributed by atoms with Gasteiger partial charge in [0.2, 0.25) is 0 Å². The minimum atomic E-state index is -0.407. The van der Waals surface area contributed by atoms with Crippen molar-refractivity contribution >= 4 is 17.9 Å². The maximum Gasteiger partial charge on any atom is 0.337 e. The van der Waals surface area contributed by atoms with E-state index in [1.807, 2.05) is 14.1 Å². The molecule has 0 amide bonds. The van der Waals surface area contributed by atoms with E-state index in [2.05, 4.69) is 4.74 Å². The Labute approximate surface area is 88.5 Å². The van der Waals surface area contributed by atoms with Gasteiger partial charge in [-0.2, -0.15) is 0 Å². The second-order valence-electron chi connectivity index (χ2n) is 3.28. The Morgan fingerprint density at radius 3 is 2.53 bits per heavy atom. The normalized spacial score (nSPS) is 9.53. The summed E-state index contributed by atoms with van der Waals surface area (Å²) in [6, 6.07) is 4.81. The monoisotopic (exact) mass is 207 g/mol. The van der Waals surface area contributed by atoms with E-state index in [4.69, 9.17) is 0 Å². The standard InChI is InChI=1S/C11H13NO3/c1-12(2)10-6-8(11(14)15-3)4-5-9(10)7-13/h4-7H,1-3H3. The molecule has 0 spiro atoms. The van der Waals surface area contributed by atoms with Crippen LogP contribution in [0, 0.1) is 0 Å². The van der Waals surface area contributed by atoms with Gasteiger partial charge in [0.15, 0.2) is 6.29 Å². The molecule has 80 valence electrons. The molecule has 0 aliphatic carbocycles. The SMILES string of the molecule is COC(=O)c1ccc(C=O)c(N(C)C)c1. The summed E-state index contributed by atoms with van der Waals surface area (Å²) >= 11 is 0. The highest BCUT2D eigenvalue weighted by Crippen LogP contribution is 2.19. The maximum absolute atomic E-state index is 11.3. The van der Waals surface area contributed by atoms with Gasteiger partial charge in [0.05, 0.1) is 12.7 Å². The second kappa shape index (κ2) is 4.59. The lowest BCUT2D eigenvalue weighted by atomic mass is 10.1. The van der Waals surface area contributed by atoms with E-state index in [1.165, 1.54) is 7.11 Å². The van der Waals surface area contributed by atoms with Crippen LogP contribution in [0.4, 0.5) is 5.69 Å². The predicted molar refractivity (Wildman–Crippen MR) is 57.5 cm³/mol. The Kier molecular flexibility index (Phi) is 3.44. The summed E-state index contributed by atoms with van der Waals surface area (Å²) in [7, 11) is 4.94. The van der Waals surface area contributed by atoms with Crippen LogP contribution in [-0.2, 0) is 4.74 Å². The molecule has 0 saturated heterocycles. The molecule has 0 N–H and O–H groups in total. The number of hydrogen-bond acceptors (Lipinski definition) is 4. The van der Waals surface area contributed by atoms with Crippen molar-refractivity contribution < 1.29 is 14.3 Å². The van der Waals surface area contributed by atoms with Crippen LogP contribution in [0.2, 0.25) is 0 Å². The van der Waals surface area contributed by atoms with Crippen molar-refractivity contribution in [1.82, 2.24) is 0 Å². The summed E-state index contributed by atoms with van der Waals surface area (Å²) in [6.07, 6.45) is 0.760. The van der Waals surface area contributed by atoms with Crippen molar-refractivity contribution in [1.29, 1.82) is 0 Å². The van der Waals surface area contributed by atoms with E-state index in [9.17, 15) is 9.59 Å². The van der Waals surface area contributed by atoms with Crippen molar-refractivity contribution in [3.63, 3.8) is 0 Å². The van der Waals surface area contributed by atoms with Crippen molar-refractivity contribution in [3.05, 3.63) is 29.3 Å². The number of methoxy groups -OCH3 is 1. The smallest absolute Gasteiger partial charge is 0.337 e. The van der Waals surface area contributed by atoms with Gasteiger partial charge in [-0.1, -0.05) is 0 Å². The summed E-state index contributed by atoms with van der Waals surface area (Å²) in [6.45, 7) is 0. The Morgan fingerprint density at radius 1 is 1.40 bits per heavy atom. The van der Waals surface area contributed by atoms with E-state index in [0.717, 1.165) is 6.29 Å². The zero-order valence-corrected chi connectivity index (χ0v) is 8.98. The van der Waals surface area contributed by atoms with E-state index in [0.29, 0.717) is 16.8 Å². The van der Waals surface area contributed by atoms with Gasteiger partial charge >= 0.3 is 5.97 Å². The highest BCUT2D eigenvalue weighted by atomic mass is 16.5. The number of anilines is 1. The largest absolute Gasteiger partial charge is 0.465 e. The van der Waals surface area contributed by atoms with Gasteiger partial charge in [0.1, 0.15) is 0 Å². The average Bonchev–Trinajstić information content (AvgIpc) is 2.27. The number of carbonyl (C=O) groups excluding carboxylic acids is 2. The van der Waals surface area contributed by atoms with Gasteiger partial charge in [-0.3, -0.25) is 4.79 Å². The van der Waals surface area contributed by atoms with Crippen molar-refractivity contribution in [3.8, 4) is 0 Å². The van der Waals surface area contributed by atoms with Crippen LogP contribution in [0.5, 0.6) is 0 Å². The molecule has 0 unspecified atom stereocenters. The lowest BCUT2D eigenvalue weighted by Crippen LogP contribution is -2.12. The van der Waals surface area contributed by atoms with Gasteiger partial charge in [-0.05, 0) is 18.2 Å². The number of aldehydes is 1. The van der Waals surface area contributed by atoms with Gasteiger partial charge in [-0.15, -0.1) is 0 Å². The van der Waals surface area contributed by atoms with Gasteiger partial charge in [-0.25, -0.2) is 4.79 Å². The first-order chi connectivity index (χ1) is 7.10. The van der Waals surface area contributed by atoms with Crippen molar-refractivity contribution in [2.45, 2.75) is 0 Å². The number of carbonyl (C=O) groups is 2. The number of esters is 1. The molecular weight excluding hydrogens is 194 g/mol. The third-order valence-electron chi connectivity index (χ3n) is 2.06. The lowest BCUT2D eigenvalue weighted by molar-refractivity contribution is 0.0600. The predicted octanol–water partition coefficient (Wildman–Crippen LogP) is 1.35. The van der Waals surface area contributed by atoms with Gasteiger partial charge in [0.25, 0.3) is 0 Å². The van der Waals surface area contributed by atoms with Gasteiger partial charge < -0.3 is 9.64 Å². The summed E-state index contributed by atoms with van der Waals surface area (Å²) in [5.41, 5.74) is 1.69. The summed E-state index contributed by atoms with van der Waals surface area (Å²) in [4.78, 5) is 23.8. The van der Waals surface area contributed by atoms with E-state index < -0.39 is 5.97 Å². The third kappa shape index (κ3) is 2.34. The topological polar surface area (TPSA) is 46.6 Å². The summed E-state index contributed by atoms with van der Waals surface area (Å²) in [5.74, 6) is -0.407. The van der Waals surface area contributed by atoms with Crippen molar-refractivity contribution in [2.24, 2.45) is 0 Å². The molecule has 0 atom stereocenters. The van der Waals surface area contributed by atoms with Crippen LogP contribution in [-0.4, -0.2) is 33.5 Å². The third-order valence-corrected chi connectivity index (χ3v) is 2.06. The highest BCUT2D eigenvalue weighted by Gasteiger charge is 2.10. The van der Waals surface area contributed by atoms with Crippen LogP contribution in [0.1, 0.15) is 20.7 Å². The summed E-state index contributed by atoms with van der Waals surface area (Å²) in [5, 5.41) is 0. The molecule has 1 aromatic rings. The molecule has 0 aliphatic rings. The fourth-order valence-electron chi connectivity index (χ4n) is 1.28. The Hall–Kier alpha value is -1.84. The van der Waals surface area contributed by atoms with Crippen LogP contribution in [0.25, 0.3) is 0 Å². The highest BCUT2D eigenvalue weighted by molar-refractivity contribution is 5.93.